The zero-order valence-corrected chi connectivity index (χ0v) is 11.5. The van der Waals surface area contributed by atoms with E-state index in [9.17, 15) is 9.18 Å². The number of aryl methyl sites for hydroxylation is 1. The summed E-state index contributed by atoms with van der Waals surface area (Å²) >= 11 is 0. The van der Waals surface area contributed by atoms with Crippen molar-refractivity contribution in [3.8, 4) is 0 Å². The molecule has 1 atom stereocenters. The molecule has 0 saturated carbocycles. The molecule has 0 aromatic heterocycles. The van der Waals surface area contributed by atoms with Crippen LogP contribution in [0, 0.1) is 12.7 Å². The van der Waals surface area contributed by atoms with E-state index in [0.29, 0.717) is 11.3 Å². The van der Waals surface area contributed by atoms with Gasteiger partial charge in [-0.3, -0.25) is 4.79 Å². The van der Waals surface area contributed by atoms with Crippen molar-refractivity contribution in [2.75, 3.05) is 5.32 Å². The van der Waals surface area contributed by atoms with Crippen LogP contribution in [0.3, 0.4) is 0 Å². The zero-order chi connectivity index (χ0) is 14.7. The average molecular weight is 272 g/mol. The molecule has 0 radical (unpaired) electrons. The normalized spacial score (nSPS) is 12.0. The molecule has 2 aromatic carbocycles. The first-order valence-corrected chi connectivity index (χ1v) is 6.41. The summed E-state index contributed by atoms with van der Waals surface area (Å²) in [4.78, 5) is 12.1. The smallest absolute Gasteiger partial charge is 0.255 e. The topological polar surface area (TPSA) is 55.1 Å². The van der Waals surface area contributed by atoms with Crippen LogP contribution >= 0.6 is 0 Å². The molecule has 3 N–H and O–H groups in total. The van der Waals surface area contributed by atoms with Crippen molar-refractivity contribution in [3.63, 3.8) is 0 Å². The van der Waals surface area contributed by atoms with Gasteiger partial charge in [0.1, 0.15) is 5.82 Å². The largest absolute Gasteiger partial charge is 0.324 e. The molecule has 2 rings (SSSR count). The van der Waals surface area contributed by atoms with Gasteiger partial charge in [-0.15, -0.1) is 0 Å². The van der Waals surface area contributed by atoms with Crippen molar-refractivity contribution >= 4 is 11.6 Å². The van der Waals surface area contributed by atoms with E-state index in [2.05, 4.69) is 5.32 Å². The van der Waals surface area contributed by atoms with Gasteiger partial charge in [0.25, 0.3) is 5.91 Å². The van der Waals surface area contributed by atoms with Crippen LogP contribution in [0.25, 0.3) is 0 Å². The minimum atomic E-state index is -0.391. The summed E-state index contributed by atoms with van der Waals surface area (Å²) in [5.41, 5.74) is 8.15. The van der Waals surface area contributed by atoms with Crippen LogP contribution in [0.2, 0.25) is 0 Å². The third-order valence-corrected chi connectivity index (χ3v) is 3.13. The van der Waals surface area contributed by atoms with Gasteiger partial charge in [0.15, 0.2) is 0 Å². The van der Waals surface area contributed by atoms with E-state index in [1.54, 1.807) is 25.1 Å². The van der Waals surface area contributed by atoms with Gasteiger partial charge < -0.3 is 11.1 Å². The Morgan fingerprint density at radius 2 is 1.95 bits per heavy atom. The number of hydrogen-bond acceptors (Lipinski definition) is 2. The van der Waals surface area contributed by atoms with Gasteiger partial charge in [-0.1, -0.05) is 24.3 Å². The van der Waals surface area contributed by atoms with Gasteiger partial charge in [0.05, 0.1) is 0 Å². The second kappa shape index (κ2) is 5.84. The lowest BCUT2D eigenvalue weighted by atomic mass is 10.1. The lowest BCUT2D eigenvalue weighted by molar-refractivity contribution is 0.102. The zero-order valence-electron chi connectivity index (χ0n) is 11.5. The van der Waals surface area contributed by atoms with Crippen molar-refractivity contribution in [2.24, 2.45) is 5.73 Å². The van der Waals surface area contributed by atoms with Crippen molar-refractivity contribution in [1.82, 2.24) is 0 Å². The summed E-state index contributed by atoms with van der Waals surface area (Å²) in [6.45, 7) is 3.50. The van der Waals surface area contributed by atoms with Gasteiger partial charge >= 0.3 is 0 Å². The van der Waals surface area contributed by atoms with Crippen LogP contribution in [-0.2, 0) is 0 Å². The molecule has 20 heavy (non-hydrogen) atoms. The molecule has 0 bridgehead atoms. The van der Waals surface area contributed by atoms with Gasteiger partial charge in [-0.05, 0) is 43.2 Å². The summed E-state index contributed by atoms with van der Waals surface area (Å²) in [5, 5.41) is 2.77. The van der Waals surface area contributed by atoms with E-state index in [1.165, 1.54) is 6.07 Å². The van der Waals surface area contributed by atoms with Gasteiger partial charge in [-0.25, -0.2) is 4.39 Å². The average Bonchev–Trinajstić information content (AvgIpc) is 2.42. The number of para-hydroxylation sites is 1. The Bertz CT molecular complexity index is 638. The van der Waals surface area contributed by atoms with Gasteiger partial charge in [0.2, 0.25) is 0 Å². The van der Waals surface area contributed by atoms with Crippen LogP contribution in [0.4, 0.5) is 10.1 Å². The number of halogens is 1. The molecule has 0 aliphatic rings. The number of anilines is 1. The van der Waals surface area contributed by atoms with Crippen LogP contribution in [0.15, 0.2) is 42.5 Å². The fraction of sp³-hybridized carbons (Fsp3) is 0.188. The highest BCUT2D eigenvalue weighted by molar-refractivity contribution is 6.04. The molecule has 1 amide bonds. The molecule has 104 valence electrons. The van der Waals surface area contributed by atoms with E-state index in [1.807, 2.05) is 25.1 Å². The number of rotatable bonds is 3. The van der Waals surface area contributed by atoms with E-state index >= 15 is 0 Å². The van der Waals surface area contributed by atoms with E-state index in [0.717, 1.165) is 5.56 Å². The predicted molar refractivity (Wildman–Crippen MR) is 78.1 cm³/mol. The first-order valence-electron chi connectivity index (χ1n) is 6.41. The highest BCUT2D eigenvalue weighted by atomic mass is 19.1. The molecular weight excluding hydrogens is 255 g/mol. The summed E-state index contributed by atoms with van der Waals surface area (Å²) in [7, 11) is 0. The SMILES string of the molecule is Cc1ccc(C(=O)Nc2ccccc2C(C)N)cc1F. The lowest BCUT2D eigenvalue weighted by Gasteiger charge is -2.13. The second-order valence-corrected chi connectivity index (χ2v) is 4.79. The Kier molecular flexibility index (Phi) is 4.15. The third kappa shape index (κ3) is 3.03. The molecule has 0 aliphatic carbocycles. The Morgan fingerprint density at radius 1 is 1.25 bits per heavy atom. The fourth-order valence-electron chi connectivity index (χ4n) is 1.94. The van der Waals surface area contributed by atoms with Crippen molar-refractivity contribution in [3.05, 3.63) is 65.0 Å². The quantitative estimate of drug-likeness (QED) is 0.899. The number of nitrogens with one attached hydrogen (secondary N) is 1. The monoisotopic (exact) mass is 272 g/mol. The molecule has 0 fully saturated rings. The maximum absolute atomic E-state index is 13.5. The number of benzene rings is 2. The molecule has 0 heterocycles. The van der Waals surface area contributed by atoms with Crippen LogP contribution in [0.5, 0.6) is 0 Å². The molecule has 1 unspecified atom stereocenters. The maximum atomic E-state index is 13.5. The molecule has 4 heteroatoms. The summed E-state index contributed by atoms with van der Waals surface area (Å²) in [5.74, 6) is -0.741. The van der Waals surface area contributed by atoms with Gasteiger partial charge in [-0.2, -0.15) is 0 Å². The summed E-state index contributed by atoms with van der Waals surface area (Å²) < 4.78 is 13.5. The van der Waals surface area contributed by atoms with Crippen molar-refractivity contribution in [2.45, 2.75) is 19.9 Å². The number of amides is 1. The summed E-state index contributed by atoms with van der Waals surface area (Å²) in [6.07, 6.45) is 0. The Morgan fingerprint density at radius 3 is 2.60 bits per heavy atom. The Labute approximate surface area is 117 Å². The lowest BCUT2D eigenvalue weighted by Crippen LogP contribution is -2.16. The summed E-state index contributed by atoms with van der Waals surface area (Å²) in [6, 6.07) is 11.5. The fourth-order valence-corrected chi connectivity index (χ4v) is 1.94. The Balaban J connectivity index is 2.26. The minimum absolute atomic E-state index is 0.193. The standard InChI is InChI=1S/C16H17FN2O/c1-10-7-8-12(9-14(10)17)16(20)19-15-6-4-3-5-13(15)11(2)18/h3-9,11H,18H2,1-2H3,(H,19,20). The number of carbonyl (C=O) groups excluding carboxylic acids is 1. The predicted octanol–water partition coefficient (Wildman–Crippen LogP) is 3.41. The third-order valence-electron chi connectivity index (χ3n) is 3.13. The molecular formula is C16H17FN2O. The molecule has 0 spiro atoms. The van der Waals surface area contributed by atoms with Gasteiger partial charge in [0, 0.05) is 17.3 Å². The van der Waals surface area contributed by atoms with Crippen LogP contribution in [-0.4, -0.2) is 5.91 Å². The van der Waals surface area contributed by atoms with Crippen molar-refractivity contribution < 1.29 is 9.18 Å². The Hall–Kier alpha value is -2.20. The highest BCUT2D eigenvalue weighted by Crippen LogP contribution is 2.21. The molecule has 0 aliphatic heterocycles. The minimum Gasteiger partial charge on any atom is -0.324 e. The van der Waals surface area contributed by atoms with E-state index in [-0.39, 0.29) is 17.5 Å². The highest BCUT2D eigenvalue weighted by Gasteiger charge is 2.12. The number of carbonyl (C=O) groups is 1. The van der Waals surface area contributed by atoms with Crippen LogP contribution in [0.1, 0.15) is 34.5 Å². The maximum Gasteiger partial charge on any atom is 0.255 e. The molecule has 3 nitrogen and oxygen atoms in total. The van der Waals surface area contributed by atoms with Crippen LogP contribution < -0.4 is 11.1 Å². The number of hydrogen-bond donors (Lipinski definition) is 2. The van der Waals surface area contributed by atoms with E-state index in [4.69, 9.17) is 5.73 Å². The van der Waals surface area contributed by atoms with Crippen molar-refractivity contribution in [1.29, 1.82) is 0 Å². The number of nitrogens with two attached hydrogens (primary N) is 1. The first-order chi connectivity index (χ1) is 9.49. The van der Waals surface area contributed by atoms with E-state index < -0.39 is 5.82 Å². The molecule has 0 saturated heterocycles. The second-order valence-electron chi connectivity index (χ2n) is 4.79. The molecule has 2 aromatic rings. The first kappa shape index (κ1) is 14.2.